The topological polar surface area (TPSA) is 47.0 Å². The van der Waals surface area contributed by atoms with Crippen molar-refractivity contribution in [3.63, 3.8) is 0 Å². The van der Waals surface area contributed by atoms with Crippen LogP contribution in [0.4, 0.5) is 14.6 Å². The molecule has 106 valence electrons. The van der Waals surface area contributed by atoms with Crippen molar-refractivity contribution in [1.82, 2.24) is 9.97 Å². The van der Waals surface area contributed by atoms with Crippen molar-refractivity contribution in [2.45, 2.75) is 12.8 Å². The molecule has 2 aromatic rings. The molecule has 0 bridgehead atoms. The number of nitrogens with one attached hydrogen (secondary N) is 1. The van der Waals surface area contributed by atoms with Crippen LogP contribution in [0.2, 0.25) is 0 Å². The van der Waals surface area contributed by atoms with Gasteiger partial charge in [0.25, 0.3) is 0 Å². The van der Waals surface area contributed by atoms with Crippen LogP contribution in [-0.2, 0) is 4.74 Å². The number of rotatable bonds is 3. The monoisotopic (exact) mass is 279 g/mol. The van der Waals surface area contributed by atoms with Crippen LogP contribution in [-0.4, -0.2) is 29.7 Å². The molecular formula is C14H15F2N3O. The standard InChI is InChI=1S/C14H15F2N3O/c15-11-4-10-13(5-12(11)16)18-8-19-14(10)17-6-9-2-1-3-20-7-9/h4-5,8-9H,1-3,6-7H2,(H,17,18,19). The Kier molecular flexibility index (Phi) is 3.73. The summed E-state index contributed by atoms with van der Waals surface area (Å²) in [7, 11) is 0. The Morgan fingerprint density at radius 1 is 1.25 bits per heavy atom. The fourth-order valence-electron chi connectivity index (χ4n) is 2.40. The molecular weight excluding hydrogens is 264 g/mol. The van der Waals surface area contributed by atoms with E-state index >= 15 is 0 Å². The number of hydrogen-bond donors (Lipinski definition) is 1. The lowest BCUT2D eigenvalue weighted by Crippen LogP contribution is -2.24. The molecule has 0 amide bonds. The molecule has 1 aliphatic rings. The van der Waals surface area contributed by atoms with Crippen LogP contribution in [0.1, 0.15) is 12.8 Å². The summed E-state index contributed by atoms with van der Waals surface area (Å²) in [5.41, 5.74) is 0.390. The van der Waals surface area contributed by atoms with E-state index in [1.54, 1.807) is 0 Å². The summed E-state index contributed by atoms with van der Waals surface area (Å²) in [6.07, 6.45) is 3.50. The minimum absolute atomic E-state index is 0.390. The van der Waals surface area contributed by atoms with Crippen LogP contribution in [0.15, 0.2) is 18.5 Å². The molecule has 1 atom stereocenters. The first-order valence-corrected chi connectivity index (χ1v) is 6.65. The minimum Gasteiger partial charge on any atom is -0.381 e. The molecule has 1 aromatic heterocycles. The van der Waals surface area contributed by atoms with Crippen LogP contribution in [0.5, 0.6) is 0 Å². The van der Waals surface area contributed by atoms with Crippen LogP contribution >= 0.6 is 0 Å². The summed E-state index contributed by atoms with van der Waals surface area (Å²) in [6, 6.07) is 2.21. The predicted octanol–water partition coefficient (Wildman–Crippen LogP) is 2.75. The molecule has 1 saturated heterocycles. The fourth-order valence-corrected chi connectivity index (χ4v) is 2.40. The van der Waals surface area contributed by atoms with Gasteiger partial charge in [0.15, 0.2) is 11.6 Å². The van der Waals surface area contributed by atoms with Gasteiger partial charge in [0.2, 0.25) is 0 Å². The average molecular weight is 279 g/mol. The van der Waals surface area contributed by atoms with Gasteiger partial charge in [-0.1, -0.05) is 0 Å². The summed E-state index contributed by atoms with van der Waals surface area (Å²) in [5.74, 6) is -0.849. The van der Waals surface area contributed by atoms with Gasteiger partial charge in [-0.05, 0) is 24.8 Å². The molecule has 1 unspecified atom stereocenters. The third kappa shape index (κ3) is 2.70. The second-order valence-electron chi connectivity index (χ2n) is 4.97. The summed E-state index contributed by atoms with van der Waals surface area (Å²) >= 11 is 0. The molecule has 20 heavy (non-hydrogen) atoms. The molecule has 0 radical (unpaired) electrons. The summed E-state index contributed by atoms with van der Waals surface area (Å²) in [5, 5.41) is 3.67. The van der Waals surface area contributed by atoms with Crippen LogP contribution in [0, 0.1) is 17.6 Å². The van der Waals surface area contributed by atoms with E-state index in [0.29, 0.717) is 29.2 Å². The lowest BCUT2D eigenvalue weighted by molar-refractivity contribution is 0.0595. The fraction of sp³-hybridized carbons (Fsp3) is 0.429. The highest BCUT2D eigenvalue weighted by atomic mass is 19.2. The molecule has 1 aliphatic heterocycles. The molecule has 0 aliphatic carbocycles. The highest BCUT2D eigenvalue weighted by Gasteiger charge is 2.15. The van der Waals surface area contributed by atoms with Crippen LogP contribution < -0.4 is 5.32 Å². The lowest BCUT2D eigenvalue weighted by atomic mass is 10.0. The zero-order valence-electron chi connectivity index (χ0n) is 10.9. The smallest absolute Gasteiger partial charge is 0.161 e. The van der Waals surface area contributed by atoms with Gasteiger partial charge < -0.3 is 10.1 Å². The van der Waals surface area contributed by atoms with Crippen molar-refractivity contribution in [2.24, 2.45) is 5.92 Å². The molecule has 2 heterocycles. The summed E-state index contributed by atoms with van der Waals surface area (Å²) in [6.45, 7) is 2.24. The van der Waals surface area contributed by atoms with E-state index in [-0.39, 0.29) is 0 Å². The quantitative estimate of drug-likeness (QED) is 0.938. The molecule has 1 fully saturated rings. The number of ether oxygens (including phenoxy) is 1. The molecule has 1 N–H and O–H groups in total. The summed E-state index contributed by atoms with van der Waals surface area (Å²) < 4.78 is 31.9. The molecule has 0 saturated carbocycles. The molecule has 6 heteroatoms. The Morgan fingerprint density at radius 3 is 2.90 bits per heavy atom. The van der Waals surface area contributed by atoms with Crippen LogP contribution in [0.3, 0.4) is 0 Å². The van der Waals surface area contributed by atoms with Gasteiger partial charge in [0.05, 0.1) is 12.1 Å². The molecule has 3 rings (SSSR count). The number of anilines is 1. The van der Waals surface area contributed by atoms with E-state index in [1.165, 1.54) is 6.33 Å². The maximum atomic E-state index is 13.3. The summed E-state index contributed by atoms with van der Waals surface area (Å²) in [4.78, 5) is 8.07. The first-order valence-electron chi connectivity index (χ1n) is 6.65. The van der Waals surface area contributed by atoms with Crippen molar-refractivity contribution in [3.05, 3.63) is 30.1 Å². The average Bonchev–Trinajstić information content (AvgIpc) is 2.47. The molecule has 4 nitrogen and oxygen atoms in total. The van der Waals surface area contributed by atoms with Gasteiger partial charge in [-0.3, -0.25) is 0 Å². The SMILES string of the molecule is Fc1cc2ncnc(NCC3CCCOC3)c2cc1F. The third-order valence-electron chi connectivity index (χ3n) is 3.49. The Morgan fingerprint density at radius 2 is 2.10 bits per heavy atom. The van der Waals surface area contributed by atoms with E-state index in [4.69, 9.17) is 4.74 Å². The molecule has 1 aromatic carbocycles. The number of hydrogen-bond acceptors (Lipinski definition) is 4. The zero-order chi connectivity index (χ0) is 13.9. The van der Waals surface area contributed by atoms with Crippen molar-refractivity contribution in [3.8, 4) is 0 Å². The minimum atomic E-state index is -0.900. The number of halogens is 2. The Labute approximate surface area is 115 Å². The number of aromatic nitrogens is 2. The van der Waals surface area contributed by atoms with Crippen molar-refractivity contribution >= 4 is 16.7 Å². The van der Waals surface area contributed by atoms with E-state index < -0.39 is 11.6 Å². The van der Waals surface area contributed by atoms with Crippen molar-refractivity contribution < 1.29 is 13.5 Å². The van der Waals surface area contributed by atoms with Gasteiger partial charge in [-0.25, -0.2) is 18.7 Å². The van der Waals surface area contributed by atoms with E-state index in [0.717, 1.165) is 38.2 Å². The predicted molar refractivity (Wildman–Crippen MR) is 71.5 cm³/mol. The zero-order valence-corrected chi connectivity index (χ0v) is 10.9. The lowest BCUT2D eigenvalue weighted by Gasteiger charge is -2.22. The number of benzene rings is 1. The van der Waals surface area contributed by atoms with E-state index in [2.05, 4.69) is 15.3 Å². The van der Waals surface area contributed by atoms with E-state index in [9.17, 15) is 8.78 Å². The first kappa shape index (κ1) is 13.2. The Hall–Kier alpha value is -1.82. The second kappa shape index (κ2) is 5.66. The number of fused-ring (bicyclic) bond motifs is 1. The highest BCUT2D eigenvalue weighted by molar-refractivity contribution is 5.88. The first-order chi connectivity index (χ1) is 9.74. The van der Waals surface area contributed by atoms with E-state index in [1.807, 2.05) is 0 Å². The van der Waals surface area contributed by atoms with Gasteiger partial charge in [-0.15, -0.1) is 0 Å². The highest BCUT2D eigenvalue weighted by Crippen LogP contribution is 2.23. The molecule has 0 spiro atoms. The van der Waals surface area contributed by atoms with Crippen molar-refractivity contribution in [2.75, 3.05) is 25.1 Å². The maximum absolute atomic E-state index is 13.3. The van der Waals surface area contributed by atoms with Gasteiger partial charge in [0, 0.05) is 24.6 Å². The Balaban J connectivity index is 1.81. The third-order valence-corrected chi connectivity index (χ3v) is 3.49. The van der Waals surface area contributed by atoms with Gasteiger partial charge in [0.1, 0.15) is 12.1 Å². The second-order valence-corrected chi connectivity index (χ2v) is 4.97. The maximum Gasteiger partial charge on any atom is 0.161 e. The largest absolute Gasteiger partial charge is 0.381 e. The normalized spacial score (nSPS) is 19.2. The van der Waals surface area contributed by atoms with Gasteiger partial charge in [-0.2, -0.15) is 0 Å². The van der Waals surface area contributed by atoms with Crippen LogP contribution in [0.25, 0.3) is 10.9 Å². The van der Waals surface area contributed by atoms with Crippen molar-refractivity contribution in [1.29, 1.82) is 0 Å². The Bertz CT molecular complexity index is 615. The van der Waals surface area contributed by atoms with Gasteiger partial charge >= 0.3 is 0 Å². The number of nitrogens with zero attached hydrogens (tertiary/aromatic N) is 2.